The summed E-state index contributed by atoms with van der Waals surface area (Å²) in [6, 6.07) is 18.9. The van der Waals surface area contributed by atoms with E-state index in [2.05, 4.69) is 27.2 Å². The predicted octanol–water partition coefficient (Wildman–Crippen LogP) is 3.27. The Labute approximate surface area is 180 Å². The van der Waals surface area contributed by atoms with Gasteiger partial charge < -0.3 is 10.1 Å². The van der Waals surface area contributed by atoms with Gasteiger partial charge in [0.05, 0.1) is 17.1 Å². The van der Waals surface area contributed by atoms with Crippen molar-refractivity contribution in [3.63, 3.8) is 0 Å². The third-order valence-electron chi connectivity index (χ3n) is 6.09. The van der Waals surface area contributed by atoms with E-state index in [0.717, 1.165) is 36.7 Å². The molecule has 7 heteroatoms. The number of rotatable bonds is 4. The molecule has 2 aromatic carbocycles. The number of aromatic nitrogens is 1. The van der Waals surface area contributed by atoms with E-state index in [9.17, 15) is 4.79 Å². The van der Waals surface area contributed by atoms with Gasteiger partial charge in [-0.05, 0) is 73.7 Å². The van der Waals surface area contributed by atoms with Crippen molar-refractivity contribution in [2.24, 2.45) is 5.92 Å². The zero-order valence-electron chi connectivity index (χ0n) is 17.0. The molecule has 1 saturated heterocycles. The van der Waals surface area contributed by atoms with Crippen molar-refractivity contribution in [3.05, 3.63) is 65.9 Å². The van der Waals surface area contributed by atoms with Crippen LogP contribution in [0.25, 0.3) is 10.9 Å². The smallest absolute Gasteiger partial charge is 0.270 e. The maximum Gasteiger partial charge on any atom is 0.270 e. The number of hydrogen-bond donors (Lipinski definition) is 3. The number of carbonyl (C=O) groups is 1. The first-order valence-corrected chi connectivity index (χ1v) is 10.6. The summed E-state index contributed by atoms with van der Waals surface area (Å²) in [6.07, 6.45) is 3.05. The lowest BCUT2D eigenvalue weighted by Crippen LogP contribution is -2.45. The Balaban J connectivity index is 1.27. The van der Waals surface area contributed by atoms with E-state index < -0.39 is 0 Å². The van der Waals surface area contributed by atoms with Crippen LogP contribution in [0.2, 0.25) is 0 Å². The number of ether oxygens (including phenoxy) is 1. The molecule has 31 heavy (non-hydrogen) atoms. The van der Waals surface area contributed by atoms with E-state index in [1.54, 1.807) is 30.3 Å². The number of benzene rings is 2. The Kier molecular flexibility index (Phi) is 5.24. The fourth-order valence-corrected chi connectivity index (χ4v) is 4.39. The van der Waals surface area contributed by atoms with E-state index in [-0.39, 0.29) is 11.9 Å². The minimum absolute atomic E-state index is 0.130. The van der Waals surface area contributed by atoms with E-state index in [1.165, 1.54) is 0 Å². The average Bonchev–Trinajstić information content (AvgIpc) is 3.27. The number of nitrogens with zero attached hydrogens (tertiary/aromatic N) is 2. The number of nitrogens with one attached hydrogen (secondary N) is 3. The molecule has 1 saturated carbocycles. The van der Waals surface area contributed by atoms with Crippen LogP contribution in [0.3, 0.4) is 0 Å². The first kappa shape index (κ1) is 19.5. The molecule has 3 atom stereocenters. The van der Waals surface area contributed by atoms with E-state index in [4.69, 9.17) is 10.00 Å². The number of hydrazine groups is 1. The fourth-order valence-electron chi connectivity index (χ4n) is 4.39. The van der Waals surface area contributed by atoms with E-state index in [1.807, 2.05) is 24.3 Å². The van der Waals surface area contributed by atoms with Crippen LogP contribution in [0.4, 0.5) is 0 Å². The summed E-state index contributed by atoms with van der Waals surface area (Å²) in [4.78, 5) is 17.3. The van der Waals surface area contributed by atoms with Crippen LogP contribution < -0.4 is 20.9 Å². The number of pyridine rings is 1. The quantitative estimate of drug-likeness (QED) is 0.607. The molecule has 0 bridgehead atoms. The van der Waals surface area contributed by atoms with Gasteiger partial charge >= 0.3 is 0 Å². The van der Waals surface area contributed by atoms with Gasteiger partial charge in [0.15, 0.2) is 0 Å². The maximum atomic E-state index is 12.8. The summed E-state index contributed by atoms with van der Waals surface area (Å²) in [5.74, 6) is 1.86. The van der Waals surface area contributed by atoms with Gasteiger partial charge in [-0.3, -0.25) is 15.6 Å². The van der Waals surface area contributed by atoms with Crippen LogP contribution in [0.15, 0.2) is 54.6 Å². The molecule has 3 unspecified atom stereocenters. The maximum absolute atomic E-state index is 12.8. The van der Waals surface area contributed by atoms with Crippen molar-refractivity contribution in [1.82, 2.24) is 21.2 Å². The molecule has 2 aliphatic rings. The van der Waals surface area contributed by atoms with Gasteiger partial charge in [-0.25, -0.2) is 4.98 Å². The summed E-state index contributed by atoms with van der Waals surface area (Å²) < 4.78 is 5.87. The normalized spacial score (nSPS) is 22.5. The molecule has 0 spiro atoms. The van der Waals surface area contributed by atoms with Crippen molar-refractivity contribution in [2.45, 2.75) is 31.3 Å². The Bertz CT molecular complexity index is 1150. The van der Waals surface area contributed by atoms with Crippen molar-refractivity contribution in [2.75, 3.05) is 6.54 Å². The second kappa shape index (κ2) is 8.34. The highest BCUT2D eigenvalue weighted by Crippen LogP contribution is 2.28. The van der Waals surface area contributed by atoms with Crippen molar-refractivity contribution in [1.29, 1.82) is 5.26 Å². The van der Waals surface area contributed by atoms with Crippen LogP contribution >= 0.6 is 0 Å². The SMILES string of the molecule is N#Cc1ccc(Oc2ccc3nc(C(=O)NC4CCC5CNNC5C4)ccc3c2)cc1. The largest absolute Gasteiger partial charge is 0.457 e. The van der Waals surface area contributed by atoms with Crippen LogP contribution in [-0.4, -0.2) is 29.5 Å². The molecule has 2 heterocycles. The lowest BCUT2D eigenvalue weighted by molar-refractivity contribution is 0.0914. The Morgan fingerprint density at radius 2 is 1.94 bits per heavy atom. The molecule has 1 aliphatic carbocycles. The minimum Gasteiger partial charge on any atom is -0.457 e. The second-order valence-corrected chi connectivity index (χ2v) is 8.16. The molecule has 156 valence electrons. The summed E-state index contributed by atoms with van der Waals surface area (Å²) >= 11 is 0. The lowest BCUT2D eigenvalue weighted by atomic mass is 9.83. The third kappa shape index (κ3) is 4.22. The molecular formula is C24H23N5O2. The van der Waals surface area contributed by atoms with Crippen LogP contribution in [-0.2, 0) is 0 Å². The van der Waals surface area contributed by atoms with E-state index >= 15 is 0 Å². The molecule has 1 aliphatic heterocycles. The first-order chi connectivity index (χ1) is 15.2. The number of amides is 1. The van der Waals surface area contributed by atoms with Crippen molar-refractivity contribution in [3.8, 4) is 17.6 Å². The zero-order chi connectivity index (χ0) is 21.2. The first-order valence-electron chi connectivity index (χ1n) is 10.6. The van der Waals surface area contributed by atoms with Gasteiger partial charge in [0, 0.05) is 24.0 Å². The summed E-state index contributed by atoms with van der Waals surface area (Å²) in [7, 11) is 0. The third-order valence-corrected chi connectivity index (χ3v) is 6.09. The molecule has 1 aromatic heterocycles. The Morgan fingerprint density at radius 3 is 2.77 bits per heavy atom. The van der Waals surface area contributed by atoms with E-state index in [0.29, 0.717) is 34.7 Å². The van der Waals surface area contributed by atoms with Crippen LogP contribution in [0.1, 0.15) is 35.3 Å². The van der Waals surface area contributed by atoms with Gasteiger partial charge in [-0.2, -0.15) is 5.26 Å². The molecule has 3 aromatic rings. The summed E-state index contributed by atoms with van der Waals surface area (Å²) in [6.45, 7) is 1.01. The second-order valence-electron chi connectivity index (χ2n) is 8.16. The highest BCUT2D eigenvalue weighted by Gasteiger charge is 2.34. The van der Waals surface area contributed by atoms with Gasteiger partial charge in [0.25, 0.3) is 5.91 Å². The van der Waals surface area contributed by atoms with Crippen LogP contribution in [0.5, 0.6) is 11.5 Å². The topological polar surface area (TPSA) is 99.1 Å². The zero-order valence-corrected chi connectivity index (χ0v) is 17.0. The van der Waals surface area contributed by atoms with Gasteiger partial charge in [-0.1, -0.05) is 6.07 Å². The number of nitriles is 1. The number of fused-ring (bicyclic) bond motifs is 2. The standard InChI is InChI=1S/C24H23N5O2/c25-13-15-1-6-19(7-2-15)31-20-8-10-21-16(11-20)4-9-22(28-21)24(30)27-18-5-3-17-14-26-29-23(17)12-18/h1-2,4,6-11,17-18,23,26,29H,3,5,12,14H2,(H,27,30). The Hall–Kier alpha value is -3.47. The van der Waals surface area contributed by atoms with Crippen LogP contribution in [0, 0.1) is 17.2 Å². The number of hydrogen-bond acceptors (Lipinski definition) is 6. The lowest BCUT2D eigenvalue weighted by Gasteiger charge is -2.31. The highest BCUT2D eigenvalue weighted by molar-refractivity contribution is 5.95. The summed E-state index contributed by atoms with van der Waals surface area (Å²) in [5, 5.41) is 12.9. The fraction of sp³-hybridized carbons (Fsp3) is 0.292. The molecule has 7 nitrogen and oxygen atoms in total. The predicted molar refractivity (Wildman–Crippen MR) is 116 cm³/mol. The van der Waals surface area contributed by atoms with Gasteiger partial charge in [-0.15, -0.1) is 0 Å². The monoisotopic (exact) mass is 413 g/mol. The molecule has 5 rings (SSSR count). The van der Waals surface area contributed by atoms with Gasteiger partial charge in [0.2, 0.25) is 0 Å². The number of carbonyl (C=O) groups excluding carboxylic acids is 1. The molecule has 0 radical (unpaired) electrons. The average molecular weight is 413 g/mol. The molecule has 2 fully saturated rings. The Morgan fingerprint density at radius 1 is 1.10 bits per heavy atom. The molecular weight excluding hydrogens is 390 g/mol. The molecule has 1 amide bonds. The highest BCUT2D eigenvalue weighted by atomic mass is 16.5. The summed E-state index contributed by atoms with van der Waals surface area (Å²) in [5.41, 5.74) is 8.28. The minimum atomic E-state index is -0.130. The van der Waals surface area contributed by atoms with Crippen molar-refractivity contribution >= 4 is 16.8 Å². The molecule has 3 N–H and O–H groups in total. The van der Waals surface area contributed by atoms with Crippen molar-refractivity contribution < 1.29 is 9.53 Å². The van der Waals surface area contributed by atoms with Gasteiger partial charge in [0.1, 0.15) is 17.2 Å².